The molecule has 0 atom stereocenters. The monoisotopic (exact) mass is 255 g/mol. The summed E-state index contributed by atoms with van der Waals surface area (Å²) in [5, 5.41) is 0.506. The van der Waals surface area contributed by atoms with E-state index in [-0.39, 0.29) is 5.39 Å². The molecule has 1 heterocycles. The van der Waals surface area contributed by atoms with E-state index in [0.29, 0.717) is 17.7 Å². The summed E-state index contributed by atoms with van der Waals surface area (Å²) in [6.45, 7) is 2.39. The fourth-order valence-electron chi connectivity index (χ4n) is 1.72. The van der Waals surface area contributed by atoms with Crippen LogP contribution in [0.25, 0.3) is 10.8 Å². The lowest BCUT2D eigenvalue weighted by atomic mass is 10.1. The molecule has 0 spiro atoms. The molecule has 0 saturated carbocycles. The molecule has 18 heavy (non-hydrogen) atoms. The summed E-state index contributed by atoms with van der Waals surface area (Å²) >= 11 is 0. The minimum Gasteiger partial charge on any atom is -0.491 e. The molecule has 1 aromatic carbocycles. The molecule has 0 aliphatic heterocycles. The van der Waals surface area contributed by atoms with Gasteiger partial charge in [-0.3, -0.25) is 0 Å². The van der Waals surface area contributed by atoms with Gasteiger partial charge in [-0.15, -0.1) is 0 Å². The van der Waals surface area contributed by atoms with Crippen LogP contribution in [0.15, 0.2) is 30.5 Å². The Kier molecular flexibility index (Phi) is 3.41. The molecular formula is C13H12F3NO. The fourth-order valence-corrected chi connectivity index (χ4v) is 1.72. The molecule has 0 fully saturated rings. The van der Waals surface area contributed by atoms with Gasteiger partial charge >= 0.3 is 6.18 Å². The first-order valence-electron chi connectivity index (χ1n) is 5.61. The molecule has 0 radical (unpaired) electrons. The molecule has 0 aliphatic rings. The topological polar surface area (TPSA) is 22.1 Å². The standard InChI is InChI=1S/C13H12F3NO/c1-2-7-18-11-8-17-12(13(14,15)16)10-6-4-3-5-9(10)11/h3-6,8H,2,7H2,1H3. The molecule has 2 aromatic rings. The van der Waals surface area contributed by atoms with Gasteiger partial charge in [0.2, 0.25) is 0 Å². The number of alkyl halides is 3. The van der Waals surface area contributed by atoms with Crippen molar-refractivity contribution >= 4 is 10.8 Å². The van der Waals surface area contributed by atoms with Crippen molar-refractivity contribution in [3.05, 3.63) is 36.2 Å². The molecule has 0 amide bonds. The van der Waals surface area contributed by atoms with E-state index < -0.39 is 11.9 Å². The molecule has 2 nitrogen and oxygen atoms in total. The summed E-state index contributed by atoms with van der Waals surface area (Å²) in [6.07, 6.45) is -2.53. The van der Waals surface area contributed by atoms with Crippen molar-refractivity contribution in [2.45, 2.75) is 19.5 Å². The molecule has 96 valence electrons. The van der Waals surface area contributed by atoms with E-state index in [2.05, 4.69) is 4.98 Å². The number of ether oxygens (including phenoxy) is 1. The molecule has 0 bridgehead atoms. The van der Waals surface area contributed by atoms with Crippen molar-refractivity contribution in [1.82, 2.24) is 4.98 Å². The van der Waals surface area contributed by atoms with Gasteiger partial charge < -0.3 is 4.74 Å². The Labute approximate surface area is 102 Å². The van der Waals surface area contributed by atoms with E-state index in [0.717, 1.165) is 12.6 Å². The van der Waals surface area contributed by atoms with E-state index >= 15 is 0 Å². The zero-order valence-corrected chi connectivity index (χ0v) is 9.79. The zero-order chi connectivity index (χ0) is 13.2. The second-order valence-electron chi connectivity index (χ2n) is 3.86. The first-order chi connectivity index (χ1) is 8.54. The maximum Gasteiger partial charge on any atom is 0.433 e. The number of aromatic nitrogens is 1. The van der Waals surface area contributed by atoms with Gasteiger partial charge in [0.05, 0.1) is 12.8 Å². The number of hydrogen-bond acceptors (Lipinski definition) is 2. The van der Waals surface area contributed by atoms with E-state index in [1.165, 1.54) is 6.07 Å². The van der Waals surface area contributed by atoms with Crippen LogP contribution in [-0.2, 0) is 6.18 Å². The average Bonchev–Trinajstić information content (AvgIpc) is 2.34. The highest BCUT2D eigenvalue weighted by Crippen LogP contribution is 2.36. The average molecular weight is 255 g/mol. The van der Waals surface area contributed by atoms with Crippen molar-refractivity contribution in [2.75, 3.05) is 6.61 Å². The Morgan fingerprint density at radius 3 is 2.44 bits per heavy atom. The number of benzene rings is 1. The summed E-state index contributed by atoms with van der Waals surface area (Å²) in [4.78, 5) is 3.48. The highest BCUT2D eigenvalue weighted by molar-refractivity contribution is 5.90. The summed E-state index contributed by atoms with van der Waals surface area (Å²) in [7, 11) is 0. The summed E-state index contributed by atoms with van der Waals surface area (Å²) in [5.41, 5.74) is -0.873. The molecule has 5 heteroatoms. The van der Waals surface area contributed by atoms with Gasteiger partial charge in [0.15, 0.2) is 5.69 Å². The minimum atomic E-state index is -4.46. The first kappa shape index (κ1) is 12.7. The molecular weight excluding hydrogens is 243 g/mol. The fraction of sp³-hybridized carbons (Fsp3) is 0.308. The van der Waals surface area contributed by atoms with Crippen molar-refractivity contribution in [1.29, 1.82) is 0 Å². The van der Waals surface area contributed by atoms with Crippen LogP contribution in [0, 0.1) is 0 Å². The van der Waals surface area contributed by atoms with Gasteiger partial charge in [-0.25, -0.2) is 4.98 Å². The van der Waals surface area contributed by atoms with Gasteiger partial charge in [-0.2, -0.15) is 13.2 Å². The van der Waals surface area contributed by atoms with Crippen LogP contribution in [0.1, 0.15) is 19.0 Å². The number of halogens is 3. The summed E-state index contributed by atoms with van der Waals surface area (Å²) in [5.74, 6) is 0.389. The van der Waals surface area contributed by atoms with Gasteiger partial charge in [-0.1, -0.05) is 31.2 Å². The van der Waals surface area contributed by atoms with Gasteiger partial charge in [0.25, 0.3) is 0 Å². The van der Waals surface area contributed by atoms with Crippen molar-refractivity contribution in [2.24, 2.45) is 0 Å². The van der Waals surface area contributed by atoms with Crippen LogP contribution in [-0.4, -0.2) is 11.6 Å². The first-order valence-corrected chi connectivity index (χ1v) is 5.61. The summed E-state index contributed by atoms with van der Waals surface area (Å²) < 4.78 is 43.8. The third-order valence-corrected chi connectivity index (χ3v) is 2.49. The van der Waals surface area contributed by atoms with Crippen LogP contribution in [0.2, 0.25) is 0 Å². The van der Waals surface area contributed by atoms with E-state index in [4.69, 9.17) is 4.74 Å². The summed E-state index contributed by atoms with van der Waals surface area (Å²) in [6, 6.07) is 6.26. The smallest absolute Gasteiger partial charge is 0.433 e. The minimum absolute atomic E-state index is 0.0682. The predicted molar refractivity (Wildman–Crippen MR) is 62.5 cm³/mol. The molecule has 0 saturated heterocycles. The second kappa shape index (κ2) is 4.84. The second-order valence-corrected chi connectivity index (χ2v) is 3.86. The Balaban J connectivity index is 2.59. The van der Waals surface area contributed by atoms with E-state index in [9.17, 15) is 13.2 Å². The lowest BCUT2D eigenvalue weighted by Crippen LogP contribution is -2.09. The lowest BCUT2D eigenvalue weighted by Gasteiger charge is -2.12. The normalized spacial score (nSPS) is 11.8. The number of pyridine rings is 1. The molecule has 1 aromatic heterocycles. The SMILES string of the molecule is CCCOc1cnc(C(F)(F)F)c2ccccc12. The number of hydrogen-bond donors (Lipinski definition) is 0. The van der Waals surface area contributed by atoms with Crippen molar-refractivity contribution in [3.63, 3.8) is 0 Å². The highest BCUT2D eigenvalue weighted by Gasteiger charge is 2.34. The maximum atomic E-state index is 12.8. The van der Waals surface area contributed by atoms with Crippen molar-refractivity contribution < 1.29 is 17.9 Å². The largest absolute Gasteiger partial charge is 0.491 e. The van der Waals surface area contributed by atoms with Crippen LogP contribution in [0.3, 0.4) is 0 Å². The Morgan fingerprint density at radius 1 is 1.17 bits per heavy atom. The van der Waals surface area contributed by atoms with Crippen LogP contribution < -0.4 is 4.74 Å². The van der Waals surface area contributed by atoms with Crippen molar-refractivity contribution in [3.8, 4) is 5.75 Å². The predicted octanol–water partition coefficient (Wildman–Crippen LogP) is 4.04. The van der Waals surface area contributed by atoms with Gasteiger partial charge in [0, 0.05) is 10.8 Å². The number of nitrogens with zero attached hydrogens (tertiary/aromatic N) is 1. The third-order valence-electron chi connectivity index (χ3n) is 2.49. The number of fused-ring (bicyclic) bond motifs is 1. The Bertz CT molecular complexity index is 551. The Morgan fingerprint density at radius 2 is 1.83 bits per heavy atom. The molecule has 0 N–H and O–H groups in total. The lowest BCUT2D eigenvalue weighted by molar-refractivity contribution is -0.139. The molecule has 2 rings (SSSR count). The van der Waals surface area contributed by atoms with Gasteiger partial charge in [0.1, 0.15) is 5.75 Å². The number of rotatable bonds is 3. The van der Waals surface area contributed by atoms with E-state index in [1.54, 1.807) is 18.2 Å². The zero-order valence-electron chi connectivity index (χ0n) is 9.79. The van der Waals surface area contributed by atoms with Gasteiger partial charge in [-0.05, 0) is 6.42 Å². The molecule has 0 aliphatic carbocycles. The van der Waals surface area contributed by atoms with Crippen LogP contribution >= 0.6 is 0 Å². The third kappa shape index (κ3) is 2.39. The van der Waals surface area contributed by atoms with E-state index in [1.807, 2.05) is 6.92 Å². The highest BCUT2D eigenvalue weighted by atomic mass is 19.4. The van der Waals surface area contributed by atoms with Crippen LogP contribution in [0.4, 0.5) is 13.2 Å². The quantitative estimate of drug-likeness (QED) is 0.825. The Hall–Kier alpha value is -1.78. The maximum absolute atomic E-state index is 12.8. The van der Waals surface area contributed by atoms with Crippen LogP contribution in [0.5, 0.6) is 5.75 Å². The molecule has 0 unspecified atom stereocenters.